The highest BCUT2D eigenvalue weighted by Gasteiger charge is 2.17. The van der Waals surface area contributed by atoms with Crippen molar-refractivity contribution in [3.63, 3.8) is 0 Å². The first kappa shape index (κ1) is 23.9. The van der Waals surface area contributed by atoms with Crippen LogP contribution in [0.5, 0.6) is 0 Å². The Morgan fingerprint density at radius 2 is 1.77 bits per heavy atom. The normalized spacial score (nSPS) is 11.3. The van der Waals surface area contributed by atoms with Crippen LogP contribution in [0.3, 0.4) is 0 Å². The molecule has 0 saturated carbocycles. The molecule has 2 rings (SSSR count). The Morgan fingerprint density at radius 3 is 2.40 bits per heavy atom. The Morgan fingerprint density at radius 1 is 1.07 bits per heavy atom. The molecule has 0 unspecified atom stereocenters. The third kappa shape index (κ3) is 6.83. The first-order chi connectivity index (χ1) is 14.2. The third-order valence-electron chi connectivity index (χ3n) is 4.74. The van der Waals surface area contributed by atoms with Crippen LogP contribution in [0.4, 0.5) is 5.69 Å². The van der Waals surface area contributed by atoms with Gasteiger partial charge in [0.05, 0.1) is 11.5 Å². The zero-order valence-electron chi connectivity index (χ0n) is 18.1. The maximum absolute atomic E-state index is 12.6. The Bertz CT molecular complexity index is 941. The van der Waals surface area contributed by atoms with Gasteiger partial charge < -0.3 is 15.0 Å². The molecule has 0 aliphatic rings. The minimum atomic E-state index is -3.69. The summed E-state index contributed by atoms with van der Waals surface area (Å²) in [5.41, 5.74) is 3.44. The second-order valence-corrected chi connectivity index (χ2v) is 9.05. The van der Waals surface area contributed by atoms with E-state index in [-0.39, 0.29) is 24.0 Å². The largest absolute Gasteiger partial charge is 0.383 e. The molecule has 8 heteroatoms. The van der Waals surface area contributed by atoms with Gasteiger partial charge in [-0.05, 0) is 55.2 Å². The maximum Gasteiger partial charge on any atom is 0.251 e. The van der Waals surface area contributed by atoms with Crippen LogP contribution in [0.2, 0.25) is 0 Å². The molecule has 0 aliphatic carbocycles. The van der Waals surface area contributed by atoms with Crippen LogP contribution in [-0.4, -0.2) is 55.2 Å². The van der Waals surface area contributed by atoms with Crippen molar-refractivity contribution in [2.45, 2.75) is 24.7 Å². The molecule has 2 aromatic carbocycles. The fraction of sp³-hybridized carbons (Fsp3) is 0.409. The van der Waals surface area contributed by atoms with E-state index in [2.05, 4.69) is 34.3 Å². The summed E-state index contributed by atoms with van der Waals surface area (Å²) in [5, 5.41) is 2.89. The molecule has 30 heavy (non-hydrogen) atoms. The summed E-state index contributed by atoms with van der Waals surface area (Å²) in [4.78, 5) is 14.7. The molecule has 0 aliphatic heterocycles. The number of benzene rings is 2. The number of rotatable bonds is 11. The summed E-state index contributed by atoms with van der Waals surface area (Å²) >= 11 is 0. The minimum Gasteiger partial charge on any atom is -0.383 e. The molecule has 0 radical (unpaired) electrons. The van der Waals surface area contributed by atoms with Gasteiger partial charge in [-0.15, -0.1) is 0 Å². The average molecular weight is 434 g/mol. The number of carbonyl (C=O) groups is 1. The number of hydrogen-bond acceptors (Lipinski definition) is 5. The molecule has 0 saturated heterocycles. The van der Waals surface area contributed by atoms with Crippen molar-refractivity contribution in [2.24, 2.45) is 0 Å². The molecule has 1 amide bonds. The minimum absolute atomic E-state index is 0.0651. The van der Waals surface area contributed by atoms with E-state index in [1.807, 2.05) is 19.0 Å². The molecule has 2 N–H and O–H groups in total. The van der Waals surface area contributed by atoms with E-state index in [9.17, 15) is 13.2 Å². The molecule has 0 fully saturated rings. The molecule has 0 aromatic heterocycles. The molecular weight excluding hydrogens is 402 g/mol. The van der Waals surface area contributed by atoms with Crippen molar-refractivity contribution >= 4 is 21.6 Å². The lowest BCUT2D eigenvalue weighted by Gasteiger charge is -2.13. The van der Waals surface area contributed by atoms with Crippen molar-refractivity contribution in [2.75, 3.05) is 45.8 Å². The zero-order chi connectivity index (χ0) is 22.1. The standard InChI is InChI=1S/C22H31N3O4S/c1-17-7-12-20(30(27,28)24-14-15-29-4)16-21(17)22(26)23-13-5-6-18-8-10-19(11-9-18)25(2)3/h7-12,16,24H,5-6,13-15H2,1-4H3,(H,23,26). The van der Waals surface area contributed by atoms with E-state index in [0.29, 0.717) is 12.1 Å². The second kappa shape index (κ2) is 11.1. The number of sulfonamides is 1. The number of amides is 1. The number of methoxy groups -OCH3 is 1. The number of anilines is 1. The van der Waals surface area contributed by atoms with Crippen LogP contribution >= 0.6 is 0 Å². The lowest BCUT2D eigenvalue weighted by molar-refractivity contribution is 0.0952. The summed E-state index contributed by atoms with van der Waals surface area (Å²) < 4.78 is 32.1. The number of aryl methyl sites for hydroxylation is 2. The summed E-state index contributed by atoms with van der Waals surface area (Å²) in [6.07, 6.45) is 1.65. The van der Waals surface area contributed by atoms with Crippen molar-refractivity contribution in [3.8, 4) is 0 Å². The van der Waals surface area contributed by atoms with Gasteiger partial charge in [0.15, 0.2) is 0 Å². The van der Waals surface area contributed by atoms with Gasteiger partial charge in [0.25, 0.3) is 5.91 Å². The third-order valence-corrected chi connectivity index (χ3v) is 6.20. The van der Waals surface area contributed by atoms with Gasteiger partial charge >= 0.3 is 0 Å². The highest BCUT2D eigenvalue weighted by Crippen LogP contribution is 2.16. The van der Waals surface area contributed by atoms with Gasteiger partial charge in [-0.3, -0.25) is 4.79 Å². The van der Waals surface area contributed by atoms with Gasteiger partial charge in [0, 0.05) is 45.5 Å². The average Bonchev–Trinajstić information content (AvgIpc) is 2.71. The predicted octanol–water partition coefficient (Wildman–Crippen LogP) is 2.35. The number of nitrogens with zero attached hydrogens (tertiary/aromatic N) is 1. The number of nitrogens with one attached hydrogen (secondary N) is 2. The van der Waals surface area contributed by atoms with Gasteiger partial charge in [-0.2, -0.15) is 0 Å². The van der Waals surface area contributed by atoms with E-state index >= 15 is 0 Å². The van der Waals surface area contributed by atoms with E-state index in [4.69, 9.17) is 4.74 Å². The fourth-order valence-corrected chi connectivity index (χ4v) is 3.96. The highest BCUT2D eigenvalue weighted by molar-refractivity contribution is 7.89. The number of ether oxygens (including phenoxy) is 1. The zero-order valence-corrected chi connectivity index (χ0v) is 18.9. The van der Waals surface area contributed by atoms with Crippen LogP contribution in [0.1, 0.15) is 27.9 Å². The predicted molar refractivity (Wildman–Crippen MR) is 120 cm³/mol. The number of hydrogen-bond donors (Lipinski definition) is 2. The Labute approximate surface area is 179 Å². The quantitative estimate of drug-likeness (QED) is 0.531. The molecular formula is C22H31N3O4S. The molecule has 0 bridgehead atoms. The summed E-state index contributed by atoms with van der Waals surface area (Å²) in [7, 11) is 1.82. The molecule has 0 heterocycles. The van der Waals surface area contributed by atoms with Crippen LogP contribution in [0.25, 0.3) is 0 Å². The van der Waals surface area contributed by atoms with Crippen molar-refractivity contribution in [3.05, 3.63) is 59.2 Å². The van der Waals surface area contributed by atoms with Crippen LogP contribution in [-0.2, 0) is 21.2 Å². The monoisotopic (exact) mass is 433 g/mol. The van der Waals surface area contributed by atoms with Crippen LogP contribution in [0.15, 0.2) is 47.4 Å². The van der Waals surface area contributed by atoms with Crippen molar-refractivity contribution in [1.29, 1.82) is 0 Å². The molecule has 0 spiro atoms. The van der Waals surface area contributed by atoms with E-state index < -0.39 is 10.0 Å². The van der Waals surface area contributed by atoms with Gasteiger partial charge in [-0.1, -0.05) is 18.2 Å². The highest BCUT2D eigenvalue weighted by atomic mass is 32.2. The smallest absolute Gasteiger partial charge is 0.251 e. The molecule has 2 aromatic rings. The van der Waals surface area contributed by atoms with Gasteiger partial charge in [0.1, 0.15) is 0 Å². The maximum atomic E-state index is 12.6. The van der Waals surface area contributed by atoms with E-state index in [1.165, 1.54) is 24.8 Å². The molecule has 7 nitrogen and oxygen atoms in total. The topological polar surface area (TPSA) is 87.7 Å². The Balaban J connectivity index is 1.93. The second-order valence-electron chi connectivity index (χ2n) is 7.29. The fourth-order valence-electron chi connectivity index (χ4n) is 2.92. The van der Waals surface area contributed by atoms with Crippen LogP contribution < -0.4 is 14.9 Å². The SMILES string of the molecule is COCCNS(=O)(=O)c1ccc(C)c(C(=O)NCCCc2ccc(N(C)C)cc2)c1. The van der Waals surface area contributed by atoms with Crippen molar-refractivity contribution < 1.29 is 17.9 Å². The first-order valence-electron chi connectivity index (χ1n) is 9.88. The summed E-state index contributed by atoms with van der Waals surface area (Å²) in [6, 6.07) is 12.9. The number of carbonyl (C=O) groups excluding carboxylic acids is 1. The van der Waals surface area contributed by atoms with E-state index in [1.54, 1.807) is 13.0 Å². The lowest BCUT2D eigenvalue weighted by atomic mass is 10.1. The van der Waals surface area contributed by atoms with Gasteiger partial charge in [-0.25, -0.2) is 13.1 Å². The van der Waals surface area contributed by atoms with Gasteiger partial charge in [0.2, 0.25) is 10.0 Å². The first-order valence-corrected chi connectivity index (χ1v) is 11.4. The van der Waals surface area contributed by atoms with E-state index in [0.717, 1.165) is 24.1 Å². The van der Waals surface area contributed by atoms with Crippen LogP contribution in [0, 0.1) is 6.92 Å². The van der Waals surface area contributed by atoms with Crippen molar-refractivity contribution in [1.82, 2.24) is 10.0 Å². The molecule has 0 atom stereocenters. The summed E-state index contributed by atoms with van der Waals surface area (Å²) in [5.74, 6) is -0.274. The lowest BCUT2D eigenvalue weighted by Crippen LogP contribution is -2.28. The Hall–Kier alpha value is -2.42. The summed E-state index contributed by atoms with van der Waals surface area (Å²) in [6.45, 7) is 2.74. The Kier molecular flexibility index (Phi) is 8.83. The molecule has 164 valence electrons.